The number of aromatic amines is 1. The minimum Gasteiger partial charge on any atom is -0.474 e. The van der Waals surface area contributed by atoms with E-state index in [9.17, 15) is 8.42 Å². The van der Waals surface area contributed by atoms with E-state index in [2.05, 4.69) is 38.5 Å². The Hall–Kier alpha value is -2.94. The van der Waals surface area contributed by atoms with Gasteiger partial charge in [-0.25, -0.2) is 18.5 Å². The maximum absolute atomic E-state index is 11.8. The predicted octanol–water partition coefficient (Wildman–Crippen LogP) is 4.52. The number of anilines is 2. The van der Waals surface area contributed by atoms with Gasteiger partial charge < -0.3 is 10.1 Å². The van der Waals surface area contributed by atoms with Crippen molar-refractivity contribution >= 4 is 21.5 Å². The number of pyridine rings is 1. The summed E-state index contributed by atoms with van der Waals surface area (Å²) >= 11 is 0. The maximum Gasteiger partial charge on any atom is 0.247 e. The lowest BCUT2D eigenvalue weighted by Gasteiger charge is -2.23. The molecule has 33 heavy (non-hydrogen) atoms. The first kappa shape index (κ1) is 21.9. The van der Waals surface area contributed by atoms with Gasteiger partial charge in [0.05, 0.1) is 5.69 Å². The number of fused-ring (bicyclic) bond motifs is 1. The first-order valence-corrected chi connectivity index (χ1v) is 13.5. The van der Waals surface area contributed by atoms with E-state index >= 15 is 0 Å². The average Bonchev–Trinajstić information content (AvgIpc) is 3.44. The van der Waals surface area contributed by atoms with E-state index < -0.39 is 9.84 Å². The minimum absolute atomic E-state index is 0.150. The quantitative estimate of drug-likeness (QED) is 0.548. The largest absolute Gasteiger partial charge is 0.474 e. The number of nitrogens with one attached hydrogen (secondary N) is 2. The van der Waals surface area contributed by atoms with Gasteiger partial charge in [-0.05, 0) is 80.2 Å². The molecule has 174 valence electrons. The summed E-state index contributed by atoms with van der Waals surface area (Å²) in [7, 11) is -3.47. The van der Waals surface area contributed by atoms with Crippen LogP contribution in [0, 0.1) is 6.92 Å². The molecule has 2 aromatic heterocycles. The maximum atomic E-state index is 11.8. The molecule has 0 aliphatic heterocycles. The zero-order valence-electron chi connectivity index (χ0n) is 19.0. The first-order chi connectivity index (χ1) is 15.9. The lowest BCUT2D eigenvalue weighted by atomic mass is 9.93. The third kappa shape index (κ3) is 4.59. The first-order valence-electron chi connectivity index (χ1n) is 11.6. The van der Waals surface area contributed by atoms with Crippen molar-refractivity contribution in [1.82, 2.24) is 20.2 Å². The molecular formula is C24H29N5O3S. The van der Waals surface area contributed by atoms with Crippen LogP contribution in [0.4, 0.5) is 11.6 Å². The monoisotopic (exact) mass is 467 g/mol. The van der Waals surface area contributed by atoms with Crippen LogP contribution in [0.5, 0.6) is 5.88 Å². The lowest BCUT2D eigenvalue weighted by molar-refractivity contribution is 0.149. The van der Waals surface area contributed by atoms with Crippen LogP contribution in [0.25, 0.3) is 11.1 Å². The molecule has 9 heteroatoms. The van der Waals surface area contributed by atoms with Crippen molar-refractivity contribution < 1.29 is 13.2 Å². The van der Waals surface area contributed by atoms with Crippen LogP contribution in [-0.2, 0) is 22.7 Å². The fraction of sp³-hybridized carbons (Fsp3) is 0.458. The van der Waals surface area contributed by atoms with Crippen LogP contribution < -0.4 is 10.1 Å². The molecule has 0 atom stereocenters. The molecule has 2 heterocycles. The highest BCUT2D eigenvalue weighted by atomic mass is 32.2. The Labute approximate surface area is 194 Å². The Morgan fingerprint density at radius 2 is 1.94 bits per heavy atom. The molecule has 0 amide bonds. The molecular weight excluding hydrogens is 438 g/mol. The molecule has 0 bridgehead atoms. The van der Waals surface area contributed by atoms with Crippen molar-refractivity contribution in [2.75, 3.05) is 11.6 Å². The molecule has 8 nitrogen and oxygen atoms in total. The zero-order valence-corrected chi connectivity index (χ0v) is 19.8. The van der Waals surface area contributed by atoms with Crippen LogP contribution in [0.3, 0.4) is 0 Å². The van der Waals surface area contributed by atoms with E-state index in [1.54, 1.807) is 6.20 Å². The highest BCUT2D eigenvalue weighted by Gasteiger charge is 2.24. The van der Waals surface area contributed by atoms with E-state index in [0.29, 0.717) is 5.88 Å². The second-order valence-electron chi connectivity index (χ2n) is 9.06. The molecule has 0 radical (unpaired) electrons. The second kappa shape index (κ2) is 8.78. The van der Waals surface area contributed by atoms with Gasteiger partial charge in [-0.2, -0.15) is 4.98 Å². The van der Waals surface area contributed by atoms with Crippen molar-refractivity contribution in [2.45, 2.75) is 69.6 Å². The Morgan fingerprint density at radius 1 is 1.12 bits per heavy atom. The fourth-order valence-electron chi connectivity index (χ4n) is 4.97. The van der Waals surface area contributed by atoms with Crippen LogP contribution in [0.2, 0.25) is 0 Å². The topological polar surface area (TPSA) is 110 Å². The van der Waals surface area contributed by atoms with Gasteiger partial charge in [0.25, 0.3) is 0 Å². The van der Waals surface area contributed by atoms with Crippen molar-refractivity contribution in [3.63, 3.8) is 0 Å². The van der Waals surface area contributed by atoms with Gasteiger partial charge in [0.2, 0.25) is 26.8 Å². The number of hydrogen-bond donors (Lipinski definition) is 2. The molecule has 1 aromatic carbocycles. The number of benzene rings is 1. The molecule has 0 unspecified atom stereocenters. The van der Waals surface area contributed by atoms with Crippen molar-refractivity contribution in [3.05, 3.63) is 41.1 Å². The van der Waals surface area contributed by atoms with Crippen LogP contribution in [0.15, 0.2) is 29.6 Å². The standard InChI is InChI=1S/C24H29N5O3S/c1-15-13-16-7-6-10-19(16)22(26-23-27-24(29-28-23)33(2,30)31)21(15)17-11-12-25-20(14-17)32-18-8-4-3-5-9-18/h11-14,18H,3-10H2,1-2H3,(H2,26,27,28,29). The van der Waals surface area contributed by atoms with Crippen LogP contribution in [0.1, 0.15) is 55.2 Å². The number of rotatable bonds is 6. The van der Waals surface area contributed by atoms with Crippen LogP contribution >= 0.6 is 0 Å². The van der Waals surface area contributed by atoms with Gasteiger partial charge >= 0.3 is 0 Å². The normalized spacial score (nSPS) is 16.5. The number of hydrogen-bond acceptors (Lipinski definition) is 7. The summed E-state index contributed by atoms with van der Waals surface area (Å²) in [5, 5.41) is 9.80. The van der Waals surface area contributed by atoms with E-state index in [1.165, 1.54) is 30.4 Å². The van der Waals surface area contributed by atoms with E-state index in [4.69, 9.17) is 4.74 Å². The number of ether oxygens (including phenoxy) is 1. The Balaban J connectivity index is 1.54. The Morgan fingerprint density at radius 3 is 2.70 bits per heavy atom. The Kier molecular flexibility index (Phi) is 5.82. The average molecular weight is 468 g/mol. The molecule has 2 N–H and O–H groups in total. The highest BCUT2D eigenvalue weighted by molar-refractivity contribution is 7.90. The fourth-order valence-corrected chi connectivity index (χ4v) is 5.43. The molecule has 1 fully saturated rings. The van der Waals surface area contributed by atoms with Gasteiger partial charge in [0.1, 0.15) is 6.10 Å². The van der Waals surface area contributed by atoms with Crippen molar-refractivity contribution in [3.8, 4) is 17.0 Å². The van der Waals surface area contributed by atoms with Gasteiger partial charge in [-0.3, -0.25) is 0 Å². The number of nitrogens with zero attached hydrogens (tertiary/aromatic N) is 3. The highest BCUT2D eigenvalue weighted by Crippen LogP contribution is 2.41. The summed E-state index contributed by atoms with van der Waals surface area (Å²) in [5.74, 6) is 0.881. The summed E-state index contributed by atoms with van der Waals surface area (Å²) in [6.45, 7) is 2.10. The molecule has 2 aliphatic carbocycles. The van der Waals surface area contributed by atoms with Gasteiger partial charge in [0.15, 0.2) is 0 Å². The zero-order chi connectivity index (χ0) is 23.0. The van der Waals surface area contributed by atoms with Gasteiger partial charge in [-0.15, -0.1) is 5.10 Å². The second-order valence-corrected chi connectivity index (χ2v) is 11.0. The SMILES string of the molecule is Cc1cc2c(c(Nc3n[nH]c(S(C)(=O)=O)n3)c1-c1ccnc(OC3CCCCC3)c1)CCC2. The van der Waals surface area contributed by atoms with Gasteiger partial charge in [-0.1, -0.05) is 12.5 Å². The van der Waals surface area contributed by atoms with E-state index in [1.807, 2.05) is 12.1 Å². The smallest absolute Gasteiger partial charge is 0.247 e. The summed E-state index contributed by atoms with van der Waals surface area (Å²) in [6.07, 6.45) is 12.0. The van der Waals surface area contributed by atoms with E-state index in [0.717, 1.165) is 60.7 Å². The van der Waals surface area contributed by atoms with Crippen molar-refractivity contribution in [2.24, 2.45) is 0 Å². The van der Waals surface area contributed by atoms with Gasteiger partial charge in [0, 0.05) is 24.1 Å². The van der Waals surface area contributed by atoms with Crippen LogP contribution in [-0.4, -0.2) is 40.9 Å². The van der Waals surface area contributed by atoms with E-state index in [-0.39, 0.29) is 17.2 Å². The molecule has 5 rings (SSSR count). The summed E-state index contributed by atoms with van der Waals surface area (Å²) < 4.78 is 29.9. The lowest BCUT2D eigenvalue weighted by Crippen LogP contribution is -2.20. The molecule has 0 spiro atoms. The number of H-pyrrole nitrogens is 1. The summed E-state index contributed by atoms with van der Waals surface area (Å²) in [4.78, 5) is 8.63. The molecule has 1 saturated carbocycles. The minimum atomic E-state index is -3.47. The molecule has 2 aliphatic rings. The number of aryl methyl sites for hydroxylation is 2. The predicted molar refractivity (Wildman–Crippen MR) is 127 cm³/mol. The molecule has 3 aromatic rings. The number of aromatic nitrogens is 4. The third-order valence-electron chi connectivity index (χ3n) is 6.51. The third-order valence-corrected chi connectivity index (χ3v) is 7.40. The summed E-state index contributed by atoms with van der Waals surface area (Å²) in [5.41, 5.74) is 6.64. The van der Waals surface area contributed by atoms with Crippen molar-refractivity contribution in [1.29, 1.82) is 0 Å². The molecule has 0 saturated heterocycles. The Bertz CT molecular complexity index is 1280. The number of sulfone groups is 1. The summed E-state index contributed by atoms with van der Waals surface area (Å²) in [6, 6.07) is 6.25.